The average molecular weight is 628 g/mol. The molecule has 1 saturated heterocycles. The first-order valence-corrected chi connectivity index (χ1v) is 14.5. The Balaban J connectivity index is 1.36. The summed E-state index contributed by atoms with van der Waals surface area (Å²) in [5.74, 6) is -0.690. The fourth-order valence-corrected chi connectivity index (χ4v) is 5.46. The molecular formula is C33H30FN5O7. The van der Waals surface area contributed by atoms with Crippen molar-refractivity contribution in [1.29, 1.82) is 0 Å². The van der Waals surface area contributed by atoms with E-state index in [2.05, 4.69) is 20.6 Å². The van der Waals surface area contributed by atoms with Crippen LogP contribution in [0.1, 0.15) is 32.8 Å². The molecule has 3 amide bonds. The van der Waals surface area contributed by atoms with Gasteiger partial charge in [0.1, 0.15) is 34.9 Å². The van der Waals surface area contributed by atoms with E-state index in [1.54, 1.807) is 42.5 Å². The summed E-state index contributed by atoms with van der Waals surface area (Å²) in [6, 6.07) is 15.4. The lowest BCUT2D eigenvalue weighted by Gasteiger charge is -2.38. The van der Waals surface area contributed by atoms with E-state index in [1.807, 2.05) is 6.07 Å². The number of aromatic nitrogens is 2. The number of methoxy groups -OCH3 is 1. The molecule has 4 aromatic rings. The Bertz CT molecular complexity index is 1840. The third kappa shape index (κ3) is 6.83. The number of ether oxygens (including phenoxy) is 3. The van der Waals surface area contributed by atoms with E-state index >= 15 is 0 Å². The van der Waals surface area contributed by atoms with Crippen LogP contribution in [0.15, 0.2) is 77.9 Å². The van der Waals surface area contributed by atoms with Crippen molar-refractivity contribution in [2.75, 3.05) is 26.8 Å². The molecule has 0 aliphatic carbocycles. The highest BCUT2D eigenvalue weighted by Crippen LogP contribution is 2.33. The summed E-state index contributed by atoms with van der Waals surface area (Å²) in [5.41, 5.74) is 1.69. The van der Waals surface area contributed by atoms with Gasteiger partial charge in [0, 0.05) is 49.4 Å². The standard InChI is InChI=1S/C33H30FN5O7/c1-44-28-6-5-21-12-25(28)20-3-2-4-23(11-20)45-18-31(41)36-14-19-9-22(34)13-24(10-19)46-29-7-8-39(17-27(29)38-32(21)42)33(43)26-15-37-30(40)16-35-26/h2-6,9-13,15-16,27,29H,7-8,14,17-18H2,1H3,(H,36,41)(H,37,40)(H,38,42)/t27-,29-/m1/s1. The first-order chi connectivity index (χ1) is 22.2. The van der Waals surface area contributed by atoms with Crippen molar-refractivity contribution in [2.24, 2.45) is 0 Å². The molecule has 3 heterocycles. The van der Waals surface area contributed by atoms with Crippen molar-refractivity contribution >= 4 is 17.7 Å². The zero-order valence-corrected chi connectivity index (χ0v) is 24.7. The number of rotatable bonds is 2. The number of H-pyrrole nitrogens is 1. The summed E-state index contributed by atoms with van der Waals surface area (Å²) < 4.78 is 32.2. The zero-order valence-electron chi connectivity index (χ0n) is 24.7. The minimum absolute atomic E-state index is 0.0265. The van der Waals surface area contributed by atoms with Crippen LogP contribution >= 0.6 is 0 Å². The molecule has 13 heteroatoms. The predicted octanol–water partition coefficient (Wildman–Crippen LogP) is 2.69. The normalized spacial score (nSPS) is 18.3. The summed E-state index contributed by atoms with van der Waals surface area (Å²) in [5, 5.41) is 5.74. The molecule has 3 aromatic carbocycles. The highest BCUT2D eigenvalue weighted by molar-refractivity contribution is 5.97. The number of hydrogen-bond acceptors (Lipinski definition) is 8. The first-order valence-electron chi connectivity index (χ1n) is 14.5. The van der Waals surface area contributed by atoms with Gasteiger partial charge in [-0.2, -0.15) is 0 Å². The fourth-order valence-electron chi connectivity index (χ4n) is 5.46. The van der Waals surface area contributed by atoms with Gasteiger partial charge in [0.2, 0.25) is 0 Å². The largest absolute Gasteiger partial charge is 0.496 e. The van der Waals surface area contributed by atoms with Crippen LogP contribution in [0.2, 0.25) is 0 Å². The molecule has 0 saturated carbocycles. The van der Waals surface area contributed by atoms with E-state index in [4.69, 9.17) is 14.2 Å². The number of piperidine rings is 1. The third-order valence-corrected chi connectivity index (χ3v) is 7.73. The SMILES string of the molecule is COc1ccc2cc1-c1cccc(c1)OCC(=O)NCc1cc(F)cc(c1)O[C@@H]1CCN(C(=O)c3c[nH]c(=O)cn3)C[C@H]1NC2=O. The number of amides is 3. The van der Waals surface area contributed by atoms with Gasteiger partial charge in [-0.15, -0.1) is 0 Å². The number of carbonyl (C=O) groups is 3. The van der Waals surface area contributed by atoms with Crippen molar-refractivity contribution in [2.45, 2.75) is 25.1 Å². The molecule has 2 aliphatic heterocycles. The van der Waals surface area contributed by atoms with Gasteiger partial charge in [0.15, 0.2) is 6.61 Å². The van der Waals surface area contributed by atoms with Crippen LogP contribution in [0.3, 0.4) is 0 Å². The second kappa shape index (κ2) is 13.1. The lowest BCUT2D eigenvalue weighted by molar-refractivity contribution is -0.123. The van der Waals surface area contributed by atoms with Gasteiger partial charge in [-0.05, 0) is 53.6 Å². The second-order valence-corrected chi connectivity index (χ2v) is 10.9. The van der Waals surface area contributed by atoms with Crippen LogP contribution in [0.5, 0.6) is 17.2 Å². The molecule has 0 spiro atoms. The Kier molecular flexibility index (Phi) is 8.63. The molecule has 1 fully saturated rings. The molecule has 6 bridgehead atoms. The molecule has 12 nitrogen and oxygen atoms in total. The van der Waals surface area contributed by atoms with Crippen molar-refractivity contribution in [3.63, 3.8) is 0 Å². The molecule has 0 radical (unpaired) electrons. The van der Waals surface area contributed by atoms with Gasteiger partial charge in [-0.3, -0.25) is 19.2 Å². The molecule has 236 valence electrons. The van der Waals surface area contributed by atoms with Crippen molar-refractivity contribution in [1.82, 2.24) is 25.5 Å². The van der Waals surface area contributed by atoms with Crippen LogP contribution in [0.4, 0.5) is 4.39 Å². The summed E-state index contributed by atoms with van der Waals surface area (Å²) in [6.07, 6.45) is 1.91. The van der Waals surface area contributed by atoms with E-state index in [-0.39, 0.29) is 37.7 Å². The van der Waals surface area contributed by atoms with Crippen LogP contribution in [-0.2, 0) is 11.3 Å². The monoisotopic (exact) mass is 627 g/mol. The fraction of sp³-hybridized carbons (Fsp3) is 0.242. The maximum absolute atomic E-state index is 14.7. The lowest BCUT2D eigenvalue weighted by atomic mass is 9.99. The Morgan fingerprint density at radius 2 is 1.91 bits per heavy atom. The number of nitrogens with zero attached hydrogens (tertiary/aromatic N) is 2. The summed E-state index contributed by atoms with van der Waals surface area (Å²) >= 11 is 0. The number of likely N-dealkylation sites (tertiary alicyclic amines) is 1. The zero-order chi connectivity index (χ0) is 32.2. The quantitative estimate of drug-likeness (QED) is 0.307. The van der Waals surface area contributed by atoms with Gasteiger partial charge in [0.25, 0.3) is 23.3 Å². The molecular weight excluding hydrogens is 597 g/mol. The number of halogens is 1. The lowest BCUT2D eigenvalue weighted by Crippen LogP contribution is -2.58. The Morgan fingerprint density at radius 3 is 2.72 bits per heavy atom. The summed E-state index contributed by atoms with van der Waals surface area (Å²) in [6.45, 7) is 0.0581. The molecule has 1 aromatic heterocycles. The second-order valence-electron chi connectivity index (χ2n) is 10.9. The van der Waals surface area contributed by atoms with E-state index in [1.165, 1.54) is 30.3 Å². The number of fused-ring (bicyclic) bond motifs is 8. The number of carbonyl (C=O) groups excluding carboxylic acids is 3. The van der Waals surface area contributed by atoms with Crippen molar-refractivity contribution in [3.8, 4) is 28.4 Å². The van der Waals surface area contributed by atoms with Crippen LogP contribution in [0, 0.1) is 5.82 Å². The number of benzene rings is 3. The number of aromatic amines is 1. The first kappa shape index (κ1) is 30.3. The molecule has 6 rings (SSSR count). The van der Waals surface area contributed by atoms with Gasteiger partial charge in [-0.1, -0.05) is 12.1 Å². The topological polar surface area (TPSA) is 152 Å². The Morgan fingerprint density at radius 1 is 1.04 bits per heavy atom. The Labute approximate surface area is 262 Å². The minimum Gasteiger partial charge on any atom is -0.496 e. The molecule has 2 aliphatic rings. The number of nitrogens with one attached hydrogen (secondary N) is 3. The van der Waals surface area contributed by atoms with E-state index < -0.39 is 41.2 Å². The molecule has 3 N–H and O–H groups in total. The van der Waals surface area contributed by atoms with Gasteiger partial charge >= 0.3 is 0 Å². The van der Waals surface area contributed by atoms with Crippen LogP contribution in [0.25, 0.3) is 11.1 Å². The Hall–Kier alpha value is -5.72. The van der Waals surface area contributed by atoms with E-state index in [9.17, 15) is 23.6 Å². The molecule has 0 unspecified atom stereocenters. The maximum atomic E-state index is 14.7. The van der Waals surface area contributed by atoms with Crippen molar-refractivity contribution in [3.05, 3.63) is 106 Å². The summed E-state index contributed by atoms with van der Waals surface area (Å²) in [7, 11) is 1.52. The summed E-state index contributed by atoms with van der Waals surface area (Å²) in [4.78, 5) is 59.0. The van der Waals surface area contributed by atoms with Crippen LogP contribution in [-0.4, -0.2) is 71.5 Å². The predicted molar refractivity (Wildman–Crippen MR) is 163 cm³/mol. The van der Waals surface area contributed by atoms with Crippen LogP contribution < -0.4 is 30.4 Å². The van der Waals surface area contributed by atoms with E-state index in [0.29, 0.717) is 40.2 Å². The third-order valence-electron chi connectivity index (χ3n) is 7.73. The van der Waals surface area contributed by atoms with Gasteiger partial charge in [-0.25, -0.2) is 9.37 Å². The molecule has 46 heavy (non-hydrogen) atoms. The highest BCUT2D eigenvalue weighted by Gasteiger charge is 2.35. The molecule has 2 atom stereocenters. The van der Waals surface area contributed by atoms with Gasteiger partial charge < -0.3 is 34.7 Å². The highest BCUT2D eigenvalue weighted by atomic mass is 19.1. The average Bonchev–Trinajstić information content (AvgIpc) is 3.06. The van der Waals surface area contributed by atoms with Gasteiger partial charge in [0.05, 0.1) is 19.3 Å². The number of hydrogen-bond donors (Lipinski definition) is 3. The maximum Gasteiger partial charge on any atom is 0.274 e. The minimum atomic E-state index is -0.719. The van der Waals surface area contributed by atoms with Crippen molar-refractivity contribution < 1.29 is 33.0 Å². The smallest absolute Gasteiger partial charge is 0.274 e. The van der Waals surface area contributed by atoms with E-state index in [0.717, 1.165) is 6.20 Å².